The summed E-state index contributed by atoms with van der Waals surface area (Å²) in [6.45, 7) is 0. The molecule has 0 spiro atoms. The van der Waals surface area contributed by atoms with E-state index in [-0.39, 0.29) is 15.0 Å². The Bertz CT molecular complexity index is 193. The molecular formula is C7H8AlN. The number of hydrogen-bond donors (Lipinski definition) is 0. The normalized spacial score (nSPS) is 9.44. The number of rotatable bonds is 1. The molecule has 9 heavy (non-hydrogen) atoms. The second-order valence-electron chi connectivity index (χ2n) is 1.72. The van der Waals surface area contributed by atoms with E-state index in [4.69, 9.17) is 0 Å². The van der Waals surface area contributed by atoms with E-state index in [1.54, 1.807) is 0 Å². The van der Waals surface area contributed by atoms with Crippen LogP contribution in [0.4, 0.5) is 5.69 Å². The molecule has 0 aliphatic carbocycles. The zero-order valence-corrected chi connectivity index (χ0v) is 6.57. The monoisotopic (exact) mass is 133 g/mol. The Kier molecular flexibility index (Phi) is 2.63. The van der Waals surface area contributed by atoms with Crippen LogP contribution in [-0.4, -0.2) is 15.0 Å². The molecule has 44 valence electrons. The van der Waals surface area contributed by atoms with Gasteiger partial charge in [0.25, 0.3) is 0 Å². The van der Waals surface area contributed by atoms with Crippen LogP contribution in [0.3, 0.4) is 0 Å². The van der Waals surface area contributed by atoms with Gasteiger partial charge in [-0.15, -0.1) is 0 Å². The molecule has 0 heterocycles. The van der Waals surface area contributed by atoms with Crippen LogP contribution in [0.15, 0.2) is 34.3 Å². The van der Waals surface area contributed by atoms with Crippen LogP contribution < -0.4 is 0 Å². The van der Waals surface area contributed by atoms with Crippen LogP contribution in [0.25, 0.3) is 0 Å². The Morgan fingerprint density at radius 3 is 2.44 bits per heavy atom. The summed E-state index contributed by atoms with van der Waals surface area (Å²) in [4.78, 5) is 0. The van der Waals surface area contributed by atoms with Gasteiger partial charge in [-0.1, -0.05) is 0 Å². The fourth-order valence-corrected chi connectivity index (χ4v) is 1.13. The van der Waals surface area contributed by atoms with Crippen LogP contribution in [0.5, 0.6) is 0 Å². The molecule has 0 unspecified atom stereocenters. The first-order valence-electron chi connectivity index (χ1n) is 2.97. The molecule has 0 radical (unpaired) electrons. The number of nitrogens with zero attached hydrogens (tertiary/aromatic N) is 1. The molecule has 0 saturated heterocycles. The zero-order valence-electron chi connectivity index (χ0n) is 5.41. The van der Waals surface area contributed by atoms with Crippen molar-refractivity contribution in [1.29, 1.82) is 0 Å². The van der Waals surface area contributed by atoms with Crippen molar-refractivity contribution in [3.8, 4) is 0 Å². The molecule has 0 aromatic heterocycles. The predicted molar refractivity (Wildman–Crippen MR) is 40.1 cm³/mol. The van der Waals surface area contributed by atoms with Crippen LogP contribution in [0, 0.1) is 0 Å². The van der Waals surface area contributed by atoms with Crippen LogP contribution >= 0.6 is 0 Å². The van der Waals surface area contributed by atoms with E-state index in [0.29, 0.717) is 0 Å². The molecule has 1 aromatic rings. The summed E-state index contributed by atoms with van der Waals surface area (Å²) >= 11 is 0.250. The second-order valence-corrected chi connectivity index (χ2v) is 2.50. The Morgan fingerprint density at radius 2 is 1.89 bits per heavy atom. The van der Waals surface area contributed by atoms with Crippen molar-refractivity contribution in [3.63, 3.8) is 0 Å². The van der Waals surface area contributed by atoms with Crippen molar-refractivity contribution in [3.05, 3.63) is 30.3 Å². The summed E-state index contributed by atoms with van der Waals surface area (Å²) in [5.41, 5.74) is 1.11. The molecule has 0 aliphatic rings. The van der Waals surface area contributed by atoms with E-state index >= 15 is 0 Å². The maximum atomic E-state index is 4.29. The molecule has 1 aromatic carbocycles. The van der Waals surface area contributed by atoms with E-state index < -0.39 is 0 Å². The summed E-state index contributed by atoms with van der Waals surface area (Å²) in [6, 6.07) is 10.1. The molecule has 0 atom stereocenters. The van der Waals surface area contributed by atoms with Crippen LogP contribution in [0.2, 0.25) is 5.79 Å². The van der Waals surface area contributed by atoms with Crippen molar-refractivity contribution >= 4 is 20.7 Å². The first kappa shape index (κ1) is 6.67. The number of hydrogen-bond acceptors (Lipinski definition) is 1. The molecule has 0 bridgehead atoms. The average Bonchev–Trinajstić information content (AvgIpc) is 1.91. The van der Waals surface area contributed by atoms with Crippen molar-refractivity contribution in [1.82, 2.24) is 0 Å². The van der Waals surface area contributed by atoms with Crippen molar-refractivity contribution in [2.24, 2.45) is 3.93 Å². The van der Waals surface area contributed by atoms with Gasteiger partial charge < -0.3 is 0 Å². The quantitative estimate of drug-likeness (QED) is 0.521. The van der Waals surface area contributed by atoms with E-state index in [9.17, 15) is 0 Å². The number of benzene rings is 1. The van der Waals surface area contributed by atoms with E-state index in [2.05, 4.69) is 9.71 Å². The fraction of sp³-hybridized carbons (Fsp3) is 0.143. The SMILES string of the molecule is [CH3][Al]=[N]c1ccccc1. The summed E-state index contributed by atoms with van der Waals surface area (Å²) in [5.74, 6) is 2.12. The van der Waals surface area contributed by atoms with Gasteiger partial charge in [-0.3, -0.25) is 0 Å². The van der Waals surface area contributed by atoms with Gasteiger partial charge >= 0.3 is 60.8 Å². The van der Waals surface area contributed by atoms with Gasteiger partial charge in [0.15, 0.2) is 0 Å². The van der Waals surface area contributed by atoms with E-state index in [0.717, 1.165) is 5.69 Å². The average molecular weight is 133 g/mol. The van der Waals surface area contributed by atoms with Crippen molar-refractivity contribution < 1.29 is 0 Å². The molecule has 0 amide bonds. The first-order valence-corrected chi connectivity index (χ1v) is 4.64. The summed E-state index contributed by atoms with van der Waals surface area (Å²) < 4.78 is 4.29. The maximum absolute atomic E-state index is 4.29. The molecule has 1 rings (SSSR count). The molecule has 0 saturated carbocycles. The zero-order chi connectivity index (χ0) is 6.53. The third-order valence-corrected chi connectivity index (χ3v) is 1.59. The van der Waals surface area contributed by atoms with E-state index in [1.165, 1.54) is 0 Å². The van der Waals surface area contributed by atoms with Gasteiger partial charge in [0.2, 0.25) is 0 Å². The Labute approximate surface area is 61.2 Å². The van der Waals surface area contributed by atoms with E-state index in [1.807, 2.05) is 30.3 Å². The summed E-state index contributed by atoms with van der Waals surface area (Å²) in [5, 5.41) is 0. The first-order chi connectivity index (χ1) is 4.43. The fourth-order valence-electron chi connectivity index (χ4n) is 0.663. The van der Waals surface area contributed by atoms with Gasteiger partial charge in [0.05, 0.1) is 0 Å². The van der Waals surface area contributed by atoms with Crippen LogP contribution in [0.1, 0.15) is 0 Å². The molecule has 2 heteroatoms. The van der Waals surface area contributed by atoms with Gasteiger partial charge in [0.1, 0.15) is 0 Å². The van der Waals surface area contributed by atoms with Crippen molar-refractivity contribution in [2.45, 2.75) is 5.79 Å². The topological polar surface area (TPSA) is 12.4 Å². The molecule has 1 nitrogen and oxygen atoms in total. The Balaban J connectivity index is 2.85. The third-order valence-electron chi connectivity index (χ3n) is 1.03. The Morgan fingerprint density at radius 1 is 1.22 bits per heavy atom. The third kappa shape index (κ3) is 2.09. The Hall–Kier alpha value is -0.448. The molecule has 0 aliphatic heterocycles. The molecular weight excluding hydrogens is 125 g/mol. The summed E-state index contributed by atoms with van der Waals surface area (Å²) in [6.07, 6.45) is 0. The van der Waals surface area contributed by atoms with Gasteiger partial charge in [-0.25, -0.2) is 0 Å². The van der Waals surface area contributed by atoms with Gasteiger partial charge in [-0.05, 0) is 0 Å². The van der Waals surface area contributed by atoms with Crippen molar-refractivity contribution in [2.75, 3.05) is 0 Å². The minimum absolute atomic E-state index is 0.250. The predicted octanol–water partition coefficient (Wildman–Crippen LogP) is 2.25. The summed E-state index contributed by atoms with van der Waals surface area (Å²) in [7, 11) is 0. The van der Waals surface area contributed by atoms with Crippen LogP contribution in [-0.2, 0) is 0 Å². The standard InChI is InChI=1S/C6H5N.CH3.Al/c7-6-4-2-1-3-5-6;;/h1-5H;1H3;. The van der Waals surface area contributed by atoms with Gasteiger partial charge in [-0.2, -0.15) is 0 Å². The minimum atomic E-state index is 0.250. The van der Waals surface area contributed by atoms with Gasteiger partial charge in [0, 0.05) is 0 Å². The molecule has 0 fully saturated rings. The molecule has 0 N–H and O–H groups in total. The second kappa shape index (κ2) is 3.55.